The molecule has 2 aliphatic rings. The number of aromatic nitrogens is 1. The average molecular weight is 479 g/mol. The molecule has 2 saturated heterocycles. The van der Waals surface area contributed by atoms with Crippen LogP contribution in [0.5, 0.6) is 0 Å². The van der Waals surface area contributed by atoms with Gasteiger partial charge in [0.15, 0.2) is 0 Å². The van der Waals surface area contributed by atoms with E-state index in [1.807, 2.05) is 17.0 Å². The van der Waals surface area contributed by atoms with E-state index in [1.54, 1.807) is 6.07 Å². The summed E-state index contributed by atoms with van der Waals surface area (Å²) < 4.78 is 16.8. The van der Waals surface area contributed by atoms with Crippen LogP contribution in [-0.4, -0.2) is 53.0 Å². The van der Waals surface area contributed by atoms with Gasteiger partial charge in [0.25, 0.3) is 5.91 Å². The minimum atomic E-state index is -0.168. The van der Waals surface area contributed by atoms with Crippen LogP contribution < -0.4 is 5.73 Å². The molecule has 0 saturated carbocycles. The molecule has 1 amide bonds. The molecule has 0 spiro atoms. The number of halogens is 1. The molecular weight excluding hydrogens is 439 g/mol. The normalized spacial score (nSPS) is 17.2. The van der Waals surface area contributed by atoms with Crippen molar-refractivity contribution in [2.75, 3.05) is 32.7 Å². The zero-order chi connectivity index (χ0) is 23.7. The van der Waals surface area contributed by atoms with Crippen molar-refractivity contribution < 1.29 is 9.18 Å². The Morgan fingerprint density at radius 3 is 2.51 bits per heavy atom. The maximum Gasteiger partial charge on any atom is 0.256 e. The van der Waals surface area contributed by atoms with E-state index in [4.69, 9.17) is 5.73 Å². The minimum absolute atomic E-state index is 0. The van der Waals surface area contributed by atoms with Crippen LogP contribution in [0.2, 0.25) is 0 Å². The van der Waals surface area contributed by atoms with Gasteiger partial charge in [0.05, 0.1) is 11.1 Å². The first-order chi connectivity index (χ1) is 16.5. The Balaban J connectivity index is 0.00000289. The second-order valence-corrected chi connectivity index (χ2v) is 9.88. The van der Waals surface area contributed by atoms with Crippen molar-refractivity contribution in [3.63, 3.8) is 0 Å². The maximum absolute atomic E-state index is 14.5. The molecule has 2 aromatic carbocycles. The number of rotatable bonds is 6. The highest BCUT2D eigenvalue weighted by Crippen LogP contribution is 2.32. The van der Waals surface area contributed by atoms with Crippen LogP contribution in [0.3, 0.4) is 0 Å². The predicted octanol–water partition coefficient (Wildman–Crippen LogP) is 5.30. The zero-order valence-electron chi connectivity index (χ0n) is 20.1. The van der Waals surface area contributed by atoms with Gasteiger partial charge in [-0.3, -0.25) is 4.79 Å². The fourth-order valence-corrected chi connectivity index (χ4v) is 5.75. The van der Waals surface area contributed by atoms with E-state index in [9.17, 15) is 9.18 Å². The molecule has 3 aromatic rings. The van der Waals surface area contributed by atoms with Gasteiger partial charge < -0.3 is 20.1 Å². The molecule has 0 bridgehead atoms. The first-order valence-corrected chi connectivity index (χ1v) is 12.6. The van der Waals surface area contributed by atoms with Crippen molar-refractivity contribution in [3.8, 4) is 0 Å². The highest BCUT2D eigenvalue weighted by atomic mass is 19.1. The third-order valence-corrected chi connectivity index (χ3v) is 7.70. The summed E-state index contributed by atoms with van der Waals surface area (Å²) in [6.07, 6.45) is 6.16. The molecule has 2 N–H and O–H groups in total. The van der Waals surface area contributed by atoms with E-state index < -0.39 is 0 Å². The third-order valence-electron chi connectivity index (χ3n) is 7.70. The summed E-state index contributed by atoms with van der Waals surface area (Å²) in [5.41, 5.74) is 10.6. The Bertz CT molecular complexity index is 1170. The number of nitrogens with two attached hydrogens (primary N) is 1. The quantitative estimate of drug-likeness (QED) is 0.523. The monoisotopic (exact) mass is 478 g/mol. The van der Waals surface area contributed by atoms with Gasteiger partial charge in [-0.15, -0.1) is 0 Å². The standard InChI is InChI=1S/C28H35FN4O.CH4/c1-20-5-4-6-23-25(19-33(27(20)23)16-15-31-11-2-3-12-31)28(34)32-13-9-22(10-14-32)24-17-21(18-30)7-8-26(24)29;/h4-8,17,19,22H,2-3,9-16,18,30H2,1H3;1H4. The topological polar surface area (TPSA) is 54.5 Å². The molecule has 0 radical (unpaired) electrons. The fraction of sp³-hybridized carbons (Fsp3) is 0.483. The second-order valence-electron chi connectivity index (χ2n) is 9.88. The molecule has 2 aliphatic heterocycles. The summed E-state index contributed by atoms with van der Waals surface area (Å²) in [4.78, 5) is 18.1. The fourth-order valence-electron chi connectivity index (χ4n) is 5.75. The Morgan fingerprint density at radius 1 is 1.06 bits per heavy atom. The number of para-hydroxylation sites is 1. The first-order valence-electron chi connectivity index (χ1n) is 12.6. The van der Waals surface area contributed by atoms with Crippen LogP contribution in [0.1, 0.15) is 66.1 Å². The van der Waals surface area contributed by atoms with Gasteiger partial charge in [0.2, 0.25) is 0 Å². The molecule has 0 atom stereocenters. The first kappa shape index (κ1) is 25.4. The minimum Gasteiger partial charge on any atom is -0.345 e. The molecular formula is C29H39FN4O. The number of fused-ring (bicyclic) bond motifs is 1. The molecule has 35 heavy (non-hydrogen) atoms. The second kappa shape index (κ2) is 10.9. The zero-order valence-corrected chi connectivity index (χ0v) is 20.1. The number of benzene rings is 2. The molecule has 0 aliphatic carbocycles. The number of hydrogen-bond acceptors (Lipinski definition) is 3. The van der Waals surface area contributed by atoms with Crippen LogP contribution >= 0.6 is 0 Å². The van der Waals surface area contributed by atoms with Gasteiger partial charge in [-0.05, 0) is 74.4 Å². The van der Waals surface area contributed by atoms with Crippen molar-refractivity contribution in [2.45, 2.75) is 59.0 Å². The summed E-state index contributed by atoms with van der Waals surface area (Å²) in [7, 11) is 0. The van der Waals surface area contributed by atoms with Crippen LogP contribution in [0.25, 0.3) is 10.9 Å². The molecule has 3 heterocycles. The lowest BCUT2D eigenvalue weighted by atomic mass is 9.88. The number of carbonyl (C=O) groups excluding carboxylic acids is 1. The summed E-state index contributed by atoms with van der Waals surface area (Å²) in [6.45, 7) is 8.08. The van der Waals surface area contributed by atoms with E-state index in [0.717, 1.165) is 48.0 Å². The summed E-state index contributed by atoms with van der Waals surface area (Å²) in [5.74, 6) is 0.0447. The third kappa shape index (κ3) is 5.14. The lowest BCUT2D eigenvalue weighted by Gasteiger charge is -2.32. The average Bonchev–Trinajstić information content (AvgIpc) is 3.51. The van der Waals surface area contributed by atoms with Gasteiger partial charge in [-0.25, -0.2) is 4.39 Å². The predicted molar refractivity (Wildman–Crippen MR) is 141 cm³/mol. The summed E-state index contributed by atoms with van der Waals surface area (Å²) in [6, 6.07) is 11.4. The lowest BCUT2D eigenvalue weighted by molar-refractivity contribution is 0.0714. The molecule has 188 valence electrons. The molecule has 1 aromatic heterocycles. The SMILES string of the molecule is C.Cc1cccc2c(C(=O)N3CCC(c4cc(CN)ccc4F)CC3)cn(CCN3CCCC3)c12. The van der Waals surface area contributed by atoms with Gasteiger partial charge in [-0.1, -0.05) is 37.8 Å². The number of piperidine rings is 1. The highest BCUT2D eigenvalue weighted by Gasteiger charge is 2.28. The number of aryl methyl sites for hydroxylation is 1. The van der Waals surface area contributed by atoms with Crippen molar-refractivity contribution in [1.29, 1.82) is 0 Å². The molecule has 6 heteroatoms. The van der Waals surface area contributed by atoms with Crippen molar-refractivity contribution in [2.24, 2.45) is 5.73 Å². The lowest BCUT2D eigenvalue weighted by Crippen LogP contribution is -2.38. The number of amides is 1. The number of likely N-dealkylation sites (tertiary alicyclic amines) is 2. The Hall–Kier alpha value is -2.70. The van der Waals surface area contributed by atoms with Gasteiger partial charge in [-0.2, -0.15) is 0 Å². The van der Waals surface area contributed by atoms with Crippen LogP contribution in [0.4, 0.5) is 4.39 Å². The van der Waals surface area contributed by atoms with Crippen LogP contribution in [0, 0.1) is 12.7 Å². The molecule has 0 unspecified atom stereocenters. The van der Waals surface area contributed by atoms with E-state index in [-0.39, 0.29) is 25.1 Å². The Labute approximate surface area is 208 Å². The maximum atomic E-state index is 14.5. The van der Waals surface area contributed by atoms with E-state index in [0.29, 0.717) is 19.6 Å². The molecule has 2 fully saturated rings. The Kier molecular flexibility index (Phi) is 7.92. The van der Waals surface area contributed by atoms with Gasteiger partial charge >= 0.3 is 0 Å². The van der Waals surface area contributed by atoms with Crippen molar-refractivity contribution in [1.82, 2.24) is 14.4 Å². The highest BCUT2D eigenvalue weighted by molar-refractivity contribution is 6.07. The van der Waals surface area contributed by atoms with E-state index >= 15 is 0 Å². The summed E-state index contributed by atoms with van der Waals surface area (Å²) in [5, 5.41) is 1.04. The number of nitrogens with zero attached hydrogens (tertiary/aromatic N) is 3. The number of hydrogen-bond donors (Lipinski definition) is 1. The van der Waals surface area contributed by atoms with E-state index in [1.165, 1.54) is 43.1 Å². The smallest absolute Gasteiger partial charge is 0.256 e. The summed E-state index contributed by atoms with van der Waals surface area (Å²) >= 11 is 0. The molecule has 5 rings (SSSR count). The Morgan fingerprint density at radius 2 is 1.80 bits per heavy atom. The van der Waals surface area contributed by atoms with Crippen molar-refractivity contribution >= 4 is 16.8 Å². The van der Waals surface area contributed by atoms with Crippen molar-refractivity contribution in [3.05, 3.63) is 70.7 Å². The van der Waals surface area contributed by atoms with Crippen LogP contribution in [0.15, 0.2) is 42.6 Å². The number of carbonyl (C=O) groups is 1. The van der Waals surface area contributed by atoms with Gasteiger partial charge in [0, 0.05) is 44.3 Å². The van der Waals surface area contributed by atoms with Gasteiger partial charge in [0.1, 0.15) is 5.82 Å². The van der Waals surface area contributed by atoms with E-state index in [2.05, 4.69) is 34.7 Å². The largest absolute Gasteiger partial charge is 0.345 e. The molecule has 5 nitrogen and oxygen atoms in total. The van der Waals surface area contributed by atoms with Crippen LogP contribution in [-0.2, 0) is 13.1 Å².